The minimum Gasteiger partial charge on any atom is -0.350 e. The first-order chi connectivity index (χ1) is 8.19. The molecule has 0 atom stereocenters. The summed E-state index contributed by atoms with van der Waals surface area (Å²) in [6.45, 7) is 1.38. The van der Waals surface area contributed by atoms with Crippen molar-refractivity contribution in [1.82, 2.24) is 4.57 Å². The van der Waals surface area contributed by atoms with Crippen LogP contribution in [-0.2, 0) is 13.0 Å². The van der Waals surface area contributed by atoms with Crippen LogP contribution in [0.1, 0.15) is 11.1 Å². The average Bonchev–Trinajstić information content (AvgIpc) is 2.71. The fourth-order valence-corrected chi connectivity index (χ4v) is 2.23. The second-order valence-electron chi connectivity index (χ2n) is 3.97. The van der Waals surface area contributed by atoms with E-state index in [0.29, 0.717) is 6.54 Å². The van der Waals surface area contributed by atoms with E-state index in [1.54, 1.807) is 6.07 Å². The molecule has 0 radical (unpaired) electrons. The van der Waals surface area contributed by atoms with Gasteiger partial charge in [-0.1, -0.05) is 22.0 Å². The highest BCUT2D eigenvalue weighted by atomic mass is 79.9. The molecule has 4 heteroatoms. The molecule has 1 aromatic heterocycles. The fraction of sp³-hybridized carbons (Fsp3) is 0.231. The molecule has 0 unspecified atom stereocenters. The van der Waals surface area contributed by atoms with E-state index in [9.17, 15) is 4.39 Å². The zero-order valence-electron chi connectivity index (χ0n) is 9.37. The van der Waals surface area contributed by atoms with E-state index >= 15 is 0 Å². The van der Waals surface area contributed by atoms with Gasteiger partial charge in [0.05, 0.1) is 0 Å². The zero-order chi connectivity index (χ0) is 12.3. The number of rotatable bonds is 4. The first-order valence-electron chi connectivity index (χ1n) is 5.47. The van der Waals surface area contributed by atoms with Gasteiger partial charge in [0.2, 0.25) is 0 Å². The van der Waals surface area contributed by atoms with Crippen LogP contribution in [0.15, 0.2) is 41.1 Å². The standard InChI is InChI=1S/C13H14BrFN2/c14-13-7-12(15)2-1-11(13)9-17-6-4-10(8-17)3-5-16/h1-2,4,6-8H,3,5,9,16H2. The summed E-state index contributed by atoms with van der Waals surface area (Å²) in [4.78, 5) is 0. The second-order valence-corrected chi connectivity index (χ2v) is 4.82. The molecular weight excluding hydrogens is 283 g/mol. The molecule has 0 aliphatic rings. The third-order valence-corrected chi connectivity index (χ3v) is 3.35. The van der Waals surface area contributed by atoms with Gasteiger partial charge in [0.1, 0.15) is 5.82 Å². The van der Waals surface area contributed by atoms with Crippen LogP contribution in [0.5, 0.6) is 0 Å². The molecule has 0 aliphatic carbocycles. The van der Waals surface area contributed by atoms with Crippen LogP contribution in [0.2, 0.25) is 0 Å². The molecule has 0 amide bonds. The molecule has 1 heterocycles. The third-order valence-electron chi connectivity index (χ3n) is 2.61. The van der Waals surface area contributed by atoms with Crippen LogP contribution in [0.25, 0.3) is 0 Å². The molecule has 0 bridgehead atoms. The summed E-state index contributed by atoms with van der Waals surface area (Å²) in [5.74, 6) is -0.225. The highest BCUT2D eigenvalue weighted by molar-refractivity contribution is 9.10. The van der Waals surface area contributed by atoms with E-state index in [0.717, 1.165) is 23.0 Å². The summed E-state index contributed by atoms with van der Waals surface area (Å²) in [5.41, 5.74) is 7.79. The molecule has 2 aromatic rings. The number of nitrogens with zero attached hydrogens (tertiary/aromatic N) is 1. The molecule has 90 valence electrons. The highest BCUT2D eigenvalue weighted by Gasteiger charge is 2.03. The number of hydrogen-bond donors (Lipinski definition) is 1. The van der Waals surface area contributed by atoms with Crippen molar-refractivity contribution in [1.29, 1.82) is 0 Å². The molecule has 17 heavy (non-hydrogen) atoms. The summed E-state index contributed by atoms with van der Waals surface area (Å²) in [6.07, 6.45) is 4.97. The zero-order valence-corrected chi connectivity index (χ0v) is 11.0. The number of aromatic nitrogens is 1. The van der Waals surface area contributed by atoms with E-state index in [-0.39, 0.29) is 5.82 Å². The Hall–Kier alpha value is -1.13. The quantitative estimate of drug-likeness (QED) is 0.924. The molecule has 1 aromatic carbocycles. The summed E-state index contributed by atoms with van der Waals surface area (Å²) in [6, 6.07) is 6.82. The maximum absolute atomic E-state index is 12.9. The SMILES string of the molecule is NCCc1ccn(Cc2ccc(F)cc2Br)c1. The lowest BCUT2D eigenvalue weighted by Crippen LogP contribution is -2.02. The van der Waals surface area contributed by atoms with Crippen molar-refractivity contribution in [3.05, 3.63) is 58.1 Å². The van der Waals surface area contributed by atoms with Crippen molar-refractivity contribution < 1.29 is 4.39 Å². The number of benzene rings is 1. The lowest BCUT2D eigenvalue weighted by molar-refractivity contribution is 0.625. The number of nitrogens with two attached hydrogens (primary N) is 1. The Labute approximate surface area is 108 Å². The van der Waals surface area contributed by atoms with Gasteiger partial charge in [-0.2, -0.15) is 0 Å². The summed E-state index contributed by atoms with van der Waals surface area (Å²) in [5, 5.41) is 0. The maximum Gasteiger partial charge on any atom is 0.124 e. The Morgan fingerprint density at radius 1 is 1.29 bits per heavy atom. The normalized spacial score (nSPS) is 10.8. The van der Waals surface area contributed by atoms with Gasteiger partial charge in [0, 0.05) is 23.4 Å². The van der Waals surface area contributed by atoms with Crippen molar-refractivity contribution in [2.75, 3.05) is 6.54 Å². The summed E-state index contributed by atoms with van der Waals surface area (Å²) >= 11 is 3.37. The first kappa shape index (κ1) is 12.3. The number of hydrogen-bond acceptors (Lipinski definition) is 1. The van der Waals surface area contributed by atoms with Crippen LogP contribution < -0.4 is 5.73 Å². The van der Waals surface area contributed by atoms with Gasteiger partial charge in [-0.05, 0) is 42.3 Å². The molecule has 0 saturated heterocycles. The monoisotopic (exact) mass is 296 g/mol. The molecule has 2 nitrogen and oxygen atoms in total. The molecule has 0 aliphatic heterocycles. The van der Waals surface area contributed by atoms with Crippen LogP contribution in [0.4, 0.5) is 4.39 Å². The van der Waals surface area contributed by atoms with Gasteiger partial charge in [0.15, 0.2) is 0 Å². The van der Waals surface area contributed by atoms with Gasteiger partial charge in [-0.15, -0.1) is 0 Å². The van der Waals surface area contributed by atoms with Crippen LogP contribution in [0, 0.1) is 5.82 Å². The van der Waals surface area contributed by atoms with Gasteiger partial charge >= 0.3 is 0 Å². The predicted octanol–water partition coefficient (Wildman–Crippen LogP) is 2.94. The van der Waals surface area contributed by atoms with E-state index in [2.05, 4.69) is 32.8 Å². The lowest BCUT2D eigenvalue weighted by atomic mass is 10.2. The summed E-state index contributed by atoms with van der Waals surface area (Å²) in [7, 11) is 0. The van der Waals surface area contributed by atoms with Gasteiger partial charge in [0.25, 0.3) is 0 Å². The van der Waals surface area contributed by atoms with Crippen molar-refractivity contribution in [2.45, 2.75) is 13.0 Å². The molecule has 2 N–H and O–H groups in total. The van der Waals surface area contributed by atoms with Crippen molar-refractivity contribution in [3.63, 3.8) is 0 Å². The minimum absolute atomic E-state index is 0.225. The van der Waals surface area contributed by atoms with Crippen molar-refractivity contribution in [3.8, 4) is 0 Å². The molecule has 0 spiro atoms. The average molecular weight is 297 g/mol. The van der Waals surface area contributed by atoms with Crippen LogP contribution >= 0.6 is 15.9 Å². The van der Waals surface area contributed by atoms with Crippen LogP contribution in [-0.4, -0.2) is 11.1 Å². The van der Waals surface area contributed by atoms with E-state index in [1.807, 2.05) is 6.20 Å². The Balaban J connectivity index is 2.13. The Morgan fingerprint density at radius 3 is 2.82 bits per heavy atom. The third kappa shape index (κ3) is 3.17. The maximum atomic E-state index is 12.9. The van der Waals surface area contributed by atoms with Crippen LogP contribution in [0.3, 0.4) is 0 Å². The van der Waals surface area contributed by atoms with Gasteiger partial charge in [-0.25, -0.2) is 4.39 Å². The molecule has 0 saturated carbocycles. The second kappa shape index (κ2) is 5.47. The van der Waals surface area contributed by atoms with E-state index < -0.39 is 0 Å². The largest absolute Gasteiger partial charge is 0.350 e. The predicted molar refractivity (Wildman–Crippen MR) is 70.4 cm³/mol. The first-order valence-corrected chi connectivity index (χ1v) is 6.27. The molecular formula is C13H14BrFN2. The smallest absolute Gasteiger partial charge is 0.124 e. The van der Waals surface area contributed by atoms with Gasteiger partial charge < -0.3 is 10.3 Å². The molecule has 0 fully saturated rings. The highest BCUT2D eigenvalue weighted by Crippen LogP contribution is 2.19. The topological polar surface area (TPSA) is 30.9 Å². The van der Waals surface area contributed by atoms with Crippen molar-refractivity contribution >= 4 is 15.9 Å². The Bertz CT molecular complexity index is 508. The van der Waals surface area contributed by atoms with E-state index in [1.165, 1.54) is 17.7 Å². The van der Waals surface area contributed by atoms with Gasteiger partial charge in [-0.3, -0.25) is 0 Å². The van der Waals surface area contributed by atoms with E-state index in [4.69, 9.17) is 5.73 Å². The molecule has 2 rings (SSSR count). The lowest BCUT2D eigenvalue weighted by Gasteiger charge is -2.06. The number of halogens is 2. The Morgan fingerprint density at radius 2 is 2.12 bits per heavy atom. The summed E-state index contributed by atoms with van der Waals surface area (Å²) < 4.78 is 15.8. The Kier molecular flexibility index (Phi) is 3.97. The fourth-order valence-electron chi connectivity index (χ4n) is 1.75. The van der Waals surface area contributed by atoms with Crippen molar-refractivity contribution in [2.24, 2.45) is 5.73 Å². The minimum atomic E-state index is -0.225.